The van der Waals surface area contributed by atoms with Gasteiger partial charge in [0, 0.05) is 24.6 Å². The fourth-order valence-corrected chi connectivity index (χ4v) is 4.86. The summed E-state index contributed by atoms with van der Waals surface area (Å²) in [4.78, 5) is 32.2. The number of nitrogens with zero attached hydrogens (tertiary/aromatic N) is 2. The van der Waals surface area contributed by atoms with Crippen molar-refractivity contribution in [2.24, 2.45) is 11.8 Å². The van der Waals surface area contributed by atoms with Crippen molar-refractivity contribution in [3.05, 3.63) is 72.1 Å². The van der Waals surface area contributed by atoms with E-state index in [1.165, 1.54) is 5.56 Å². The number of pyridine rings is 1. The third-order valence-electron chi connectivity index (χ3n) is 6.49. The fourth-order valence-electron chi connectivity index (χ4n) is 4.86. The Morgan fingerprint density at radius 2 is 1.97 bits per heavy atom. The molecule has 1 aromatic carbocycles. The highest BCUT2D eigenvalue weighted by atomic mass is 16.5. The van der Waals surface area contributed by atoms with Crippen LogP contribution < -0.4 is 10.2 Å². The Kier molecular flexibility index (Phi) is 4.47. The van der Waals surface area contributed by atoms with E-state index in [0.29, 0.717) is 19.0 Å². The topological polar surface area (TPSA) is 71.5 Å². The molecule has 2 amide bonds. The van der Waals surface area contributed by atoms with Crippen molar-refractivity contribution >= 4 is 17.5 Å². The minimum Gasteiger partial charge on any atom is -0.360 e. The highest BCUT2D eigenvalue weighted by Crippen LogP contribution is 2.52. The average molecular weight is 403 g/mol. The van der Waals surface area contributed by atoms with Crippen molar-refractivity contribution in [2.45, 2.75) is 38.0 Å². The van der Waals surface area contributed by atoms with E-state index in [0.717, 1.165) is 11.3 Å². The molecule has 0 saturated carbocycles. The molecule has 4 heterocycles. The summed E-state index contributed by atoms with van der Waals surface area (Å²) in [5, 5.41) is 2.98. The number of carbonyl (C=O) groups excluding carboxylic acids is 2. The molecule has 2 bridgehead atoms. The Morgan fingerprint density at radius 3 is 2.67 bits per heavy atom. The van der Waals surface area contributed by atoms with E-state index in [9.17, 15) is 9.59 Å². The first kappa shape index (κ1) is 19.0. The van der Waals surface area contributed by atoms with E-state index in [4.69, 9.17) is 4.74 Å². The SMILES string of the molecule is CC(C)c1ccc(N2C[C@@]34C=C[C@@H](O3)C(C(=O)NCc3ccncc3)C4C2=O)cc1. The predicted molar refractivity (Wildman–Crippen MR) is 113 cm³/mol. The number of benzene rings is 1. The summed E-state index contributed by atoms with van der Waals surface area (Å²) in [6.45, 7) is 5.14. The number of aromatic nitrogens is 1. The minimum atomic E-state index is -0.711. The fraction of sp³-hybridized carbons (Fsp3) is 0.375. The molecule has 1 spiro atoms. The van der Waals surface area contributed by atoms with E-state index in [1.54, 1.807) is 17.3 Å². The van der Waals surface area contributed by atoms with Gasteiger partial charge in [-0.1, -0.05) is 38.1 Å². The number of fused-ring (bicyclic) bond motifs is 1. The second-order valence-corrected chi connectivity index (χ2v) is 8.64. The summed E-state index contributed by atoms with van der Waals surface area (Å²) < 4.78 is 6.21. The molecule has 5 rings (SSSR count). The van der Waals surface area contributed by atoms with Crippen molar-refractivity contribution in [3.8, 4) is 0 Å². The normalized spacial score (nSPS) is 29.0. The van der Waals surface area contributed by atoms with Gasteiger partial charge in [-0.2, -0.15) is 0 Å². The molecule has 1 aromatic heterocycles. The standard InChI is InChI=1S/C24H25N3O3/c1-15(2)17-3-5-18(6-4-17)27-14-24-10-7-19(30-24)20(21(24)23(27)29)22(28)26-13-16-8-11-25-12-9-16/h3-12,15,19-21H,13-14H2,1-2H3,(H,26,28)/t19-,20?,21?,24-/m1/s1. The van der Waals surface area contributed by atoms with Gasteiger partial charge in [0.1, 0.15) is 5.60 Å². The minimum absolute atomic E-state index is 0.0387. The lowest BCUT2D eigenvalue weighted by Crippen LogP contribution is -2.43. The second kappa shape index (κ2) is 7.06. The molecule has 0 aliphatic carbocycles. The molecule has 3 aliphatic rings. The maximum atomic E-state index is 13.4. The summed E-state index contributed by atoms with van der Waals surface area (Å²) in [5.41, 5.74) is 2.34. The smallest absolute Gasteiger partial charge is 0.234 e. The molecule has 0 radical (unpaired) electrons. The van der Waals surface area contributed by atoms with Crippen LogP contribution in [-0.4, -0.2) is 35.0 Å². The van der Waals surface area contributed by atoms with Crippen molar-refractivity contribution in [1.82, 2.24) is 10.3 Å². The predicted octanol–water partition coefficient (Wildman–Crippen LogP) is 2.81. The number of ether oxygens (including phenoxy) is 1. The molecule has 154 valence electrons. The van der Waals surface area contributed by atoms with Crippen molar-refractivity contribution in [3.63, 3.8) is 0 Å². The Labute approximate surface area is 175 Å². The van der Waals surface area contributed by atoms with E-state index < -0.39 is 17.4 Å². The number of hydrogen-bond acceptors (Lipinski definition) is 4. The quantitative estimate of drug-likeness (QED) is 0.780. The highest BCUT2D eigenvalue weighted by molar-refractivity contribution is 6.03. The van der Waals surface area contributed by atoms with Crippen LogP contribution in [0.25, 0.3) is 0 Å². The highest BCUT2D eigenvalue weighted by Gasteiger charge is 2.67. The molecule has 2 unspecified atom stereocenters. The molecule has 1 N–H and O–H groups in total. The van der Waals surface area contributed by atoms with Crippen LogP contribution in [-0.2, 0) is 20.9 Å². The van der Waals surface area contributed by atoms with Crippen molar-refractivity contribution < 1.29 is 14.3 Å². The van der Waals surface area contributed by atoms with Crippen LogP contribution >= 0.6 is 0 Å². The van der Waals surface area contributed by atoms with Gasteiger partial charge in [-0.05, 0) is 41.3 Å². The summed E-state index contributed by atoms with van der Waals surface area (Å²) in [5.74, 6) is -0.748. The Bertz CT molecular complexity index is 1000. The zero-order valence-corrected chi connectivity index (χ0v) is 17.1. The number of amides is 2. The number of rotatable bonds is 5. The zero-order chi connectivity index (χ0) is 20.9. The van der Waals surface area contributed by atoms with Crippen LogP contribution in [0.4, 0.5) is 5.69 Å². The molecule has 2 saturated heterocycles. The molecule has 30 heavy (non-hydrogen) atoms. The lowest BCUT2D eigenvalue weighted by Gasteiger charge is -2.23. The van der Waals surface area contributed by atoms with Crippen LogP contribution in [0.1, 0.15) is 30.9 Å². The van der Waals surface area contributed by atoms with Gasteiger partial charge >= 0.3 is 0 Å². The Morgan fingerprint density at radius 1 is 1.23 bits per heavy atom. The average Bonchev–Trinajstić information content (AvgIpc) is 3.41. The van der Waals surface area contributed by atoms with E-state index >= 15 is 0 Å². The molecule has 4 atom stereocenters. The monoisotopic (exact) mass is 403 g/mol. The number of hydrogen-bond donors (Lipinski definition) is 1. The molecular formula is C24H25N3O3. The van der Waals surface area contributed by atoms with Gasteiger partial charge in [-0.3, -0.25) is 14.6 Å². The summed E-state index contributed by atoms with van der Waals surface area (Å²) >= 11 is 0. The lowest BCUT2D eigenvalue weighted by molar-refractivity contribution is -0.132. The van der Waals surface area contributed by atoms with Crippen LogP contribution in [0.3, 0.4) is 0 Å². The van der Waals surface area contributed by atoms with E-state index in [1.807, 2.05) is 36.4 Å². The van der Waals surface area contributed by atoms with Crippen molar-refractivity contribution in [2.75, 3.05) is 11.4 Å². The maximum absolute atomic E-state index is 13.4. The number of anilines is 1. The van der Waals surface area contributed by atoms with Gasteiger partial charge in [0.05, 0.1) is 24.5 Å². The van der Waals surface area contributed by atoms with Crippen molar-refractivity contribution in [1.29, 1.82) is 0 Å². The molecular weight excluding hydrogens is 378 g/mol. The Balaban J connectivity index is 1.36. The summed E-state index contributed by atoms with van der Waals surface area (Å²) in [6, 6.07) is 11.8. The van der Waals surface area contributed by atoms with Gasteiger partial charge < -0.3 is 15.0 Å². The summed E-state index contributed by atoms with van der Waals surface area (Å²) in [6.07, 6.45) is 6.97. The van der Waals surface area contributed by atoms with Crippen LogP contribution in [0, 0.1) is 11.8 Å². The Hall–Kier alpha value is -2.99. The zero-order valence-electron chi connectivity index (χ0n) is 17.1. The molecule has 2 aromatic rings. The molecule has 3 aliphatic heterocycles. The second-order valence-electron chi connectivity index (χ2n) is 8.64. The van der Waals surface area contributed by atoms with Crippen LogP contribution in [0.2, 0.25) is 0 Å². The van der Waals surface area contributed by atoms with Gasteiger partial charge in [-0.25, -0.2) is 0 Å². The molecule has 6 nitrogen and oxygen atoms in total. The van der Waals surface area contributed by atoms with Gasteiger partial charge in [0.2, 0.25) is 11.8 Å². The van der Waals surface area contributed by atoms with Gasteiger partial charge in [0.15, 0.2) is 0 Å². The van der Waals surface area contributed by atoms with Gasteiger partial charge in [-0.15, -0.1) is 0 Å². The lowest BCUT2D eigenvalue weighted by atomic mass is 9.77. The van der Waals surface area contributed by atoms with E-state index in [-0.39, 0.29) is 17.9 Å². The van der Waals surface area contributed by atoms with Crippen LogP contribution in [0.15, 0.2) is 60.9 Å². The molecule has 6 heteroatoms. The first-order chi connectivity index (χ1) is 14.5. The number of carbonyl (C=O) groups is 2. The number of nitrogens with one attached hydrogen (secondary N) is 1. The first-order valence-electron chi connectivity index (χ1n) is 10.4. The summed E-state index contributed by atoms with van der Waals surface area (Å²) in [7, 11) is 0. The first-order valence-corrected chi connectivity index (χ1v) is 10.4. The third-order valence-corrected chi connectivity index (χ3v) is 6.49. The van der Waals surface area contributed by atoms with E-state index in [2.05, 4.69) is 36.3 Å². The largest absolute Gasteiger partial charge is 0.360 e. The van der Waals surface area contributed by atoms with Crippen LogP contribution in [0.5, 0.6) is 0 Å². The third kappa shape index (κ3) is 2.94. The van der Waals surface area contributed by atoms with Gasteiger partial charge in [0.25, 0.3) is 0 Å². The maximum Gasteiger partial charge on any atom is 0.234 e. The molecule has 2 fully saturated rings.